The summed E-state index contributed by atoms with van der Waals surface area (Å²) in [5.74, 6) is -0.869. The minimum Gasteiger partial charge on any atom is -0.462 e. The van der Waals surface area contributed by atoms with Gasteiger partial charge < -0.3 is 14.2 Å². The summed E-state index contributed by atoms with van der Waals surface area (Å²) in [6.45, 7) is 6.63. The summed E-state index contributed by atoms with van der Waals surface area (Å²) in [6, 6.07) is 0. The molecule has 0 aromatic heterocycles. The lowest BCUT2D eigenvalue weighted by Crippen LogP contribution is -2.30. The van der Waals surface area contributed by atoms with E-state index in [1.807, 2.05) is 0 Å². The van der Waals surface area contributed by atoms with Gasteiger partial charge in [0.2, 0.25) is 0 Å². The fourth-order valence-corrected chi connectivity index (χ4v) is 10.7. The third-order valence-corrected chi connectivity index (χ3v) is 16.2. The highest BCUT2D eigenvalue weighted by molar-refractivity contribution is 5.71. The second-order valence-electron chi connectivity index (χ2n) is 24.5. The quantitative estimate of drug-likeness (QED) is 0.0261. The first-order valence-corrected chi connectivity index (χ1v) is 36.3. The van der Waals surface area contributed by atoms with E-state index >= 15 is 0 Å². The Hall–Kier alpha value is -2.89. The van der Waals surface area contributed by atoms with Gasteiger partial charge in [0.15, 0.2) is 6.10 Å². The summed E-state index contributed by atoms with van der Waals surface area (Å²) in [6.07, 6.45) is 91.2. The van der Waals surface area contributed by atoms with Gasteiger partial charge in [-0.25, -0.2) is 0 Å². The van der Waals surface area contributed by atoms with Crippen molar-refractivity contribution in [2.24, 2.45) is 0 Å². The second kappa shape index (κ2) is 70.6. The van der Waals surface area contributed by atoms with E-state index in [4.69, 9.17) is 14.2 Å². The second-order valence-corrected chi connectivity index (χ2v) is 24.5. The lowest BCUT2D eigenvalue weighted by molar-refractivity contribution is -0.167. The topological polar surface area (TPSA) is 78.9 Å². The van der Waals surface area contributed by atoms with E-state index in [0.717, 1.165) is 83.5 Å². The number of hydrogen-bond acceptors (Lipinski definition) is 6. The molecule has 0 bridgehead atoms. The molecule has 0 aliphatic carbocycles. The number of carbonyl (C=O) groups excluding carboxylic acids is 3. The minimum atomic E-state index is -0.781. The fourth-order valence-electron chi connectivity index (χ4n) is 10.7. The van der Waals surface area contributed by atoms with E-state index in [1.54, 1.807) is 0 Å². The number of rotatable bonds is 67. The summed E-state index contributed by atoms with van der Waals surface area (Å²) in [4.78, 5) is 38.4. The van der Waals surface area contributed by atoms with Gasteiger partial charge in [0.1, 0.15) is 13.2 Å². The van der Waals surface area contributed by atoms with Crippen LogP contribution in [-0.4, -0.2) is 37.2 Å². The monoisotopic (exact) mass is 1150 g/mol. The Balaban J connectivity index is 4.19. The number of esters is 3. The molecule has 0 amide bonds. The Labute approximate surface area is 510 Å². The molecule has 6 heteroatoms. The molecule has 1 unspecified atom stereocenters. The Morgan fingerprint density at radius 2 is 0.451 bits per heavy atom. The molecule has 0 aromatic carbocycles. The number of allylic oxidation sites excluding steroid dienone is 10. The summed E-state index contributed by atoms with van der Waals surface area (Å²) in [7, 11) is 0. The number of hydrogen-bond donors (Lipinski definition) is 0. The fraction of sp³-hybridized carbons (Fsp3) is 0.829. The van der Waals surface area contributed by atoms with Crippen LogP contribution in [0, 0.1) is 0 Å². The molecule has 0 saturated heterocycles. The highest BCUT2D eigenvalue weighted by Crippen LogP contribution is 2.18. The maximum Gasteiger partial charge on any atom is 0.306 e. The van der Waals surface area contributed by atoms with Crippen LogP contribution in [0.15, 0.2) is 60.8 Å². The third-order valence-electron chi connectivity index (χ3n) is 16.2. The highest BCUT2D eigenvalue weighted by Gasteiger charge is 2.19. The van der Waals surface area contributed by atoms with Crippen LogP contribution in [-0.2, 0) is 28.6 Å². The maximum absolute atomic E-state index is 12.9. The lowest BCUT2D eigenvalue weighted by atomic mass is 10.0. The first-order chi connectivity index (χ1) is 40.5. The standard InChI is InChI=1S/C76H138O6/c1-4-7-10-13-16-19-22-25-28-30-32-33-34-35-36-37-38-39-40-41-42-43-45-46-48-51-54-57-60-63-66-69-75(78)81-72-73(71-80-74(77)68-65-62-59-56-53-50-27-24-21-18-15-12-9-6-3)82-76(79)70-67-64-61-58-55-52-49-47-44-31-29-26-23-20-17-14-11-8-5-2/h15,18,22,24-27,29-30,32,73H,4-14,16-17,19-21,23,28,31,33-72H2,1-3H3/b18-15-,25-22-,27-24-,29-26-,32-30-. The molecule has 0 rings (SSSR count). The predicted molar refractivity (Wildman–Crippen MR) is 358 cm³/mol. The van der Waals surface area contributed by atoms with Crippen molar-refractivity contribution < 1.29 is 28.6 Å². The number of unbranched alkanes of at least 4 members (excludes halogenated alkanes) is 46. The van der Waals surface area contributed by atoms with E-state index in [9.17, 15) is 14.4 Å². The normalized spacial score (nSPS) is 12.4. The molecule has 1 atom stereocenters. The molecule has 0 radical (unpaired) electrons. The third kappa shape index (κ3) is 67.9. The maximum atomic E-state index is 12.9. The number of carbonyl (C=O) groups is 3. The van der Waals surface area contributed by atoms with Crippen LogP contribution in [0.25, 0.3) is 0 Å². The average Bonchev–Trinajstić information content (AvgIpc) is 3.47. The zero-order chi connectivity index (χ0) is 59.2. The molecule has 0 spiro atoms. The van der Waals surface area contributed by atoms with Crippen LogP contribution >= 0.6 is 0 Å². The molecule has 0 aromatic rings. The molecule has 0 aliphatic heterocycles. The van der Waals surface area contributed by atoms with E-state index in [0.29, 0.717) is 19.3 Å². The van der Waals surface area contributed by atoms with E-state index < -0.39 is 6.10 Å². The summed E-state index contributed by atoms with van der Waals surface area (Å²) >= 11 is 0. The van der Waals surface area contributed by atoms with Crippen molar-refractivity contribution in [3.8, 4) is 0 Å². The number of ether oxygens (including phenoxy) is 3. The zero-order valence-corrected chi connectivity index (χ0v) is 55.0. The van der Waals surface area contributed by atoms with E-state index in [1.165, 1.54) is 263 Å². The molecule has 0 aliphatic rings. The van der Waals surface area contributed by atoms with Crippen molar-refractivity contribution in [3.63, 3.8) is 0 Å². The Bertz CT molecular complexity index is 1460. The Morgan fingerprint density at radius 1 is 0.244 bits per heavy atom. The van der Waals surface area contributed by atoms with Crippen molar-refractivity contribution in [1.82, 2.24) is 0 Å². The predicted octanol–water partition coefficient (Wildman–Crippen LogP) is 25.1. The van der Waals surface area contributed by atoms with E-state index in [2.05, 4.69) is 81.5 Å². The van der Waals surface area contributed by atoms with Gasteiger partial charge in [0, 0.05) is 19.3 Å². The van der Waals surface area contributed by atoms with Crippen LogP contribution in [0.5, 0.6) is 0 Å². The van der Waals surface area contributed by atoms with Crippen LogP contribution in [0.4, 0.5) is 0 Å². The van der Waals surface area contributed by atoms with Gasteiger partial charge >= 0.3 is 17.9 Å². The van der Waals surface area contributed by atoms with Crippen molar-refractivity contribution in [2.45, 2.75) is 393 Å². The lowest BCUT2D eigenvalue weighted by Gasteiger charge is -2.18. The largest absolute Gasteiger partial charge is 0.462 e. The van der Waals surface area contributed by atoms with Gasteiger partial charge in [-0.2, -0.15) is 0 Å². The van der Waals surface area contributed by atoms with Crippen molar-refractivity contribution in [2.75, 3.05) is 13.2 Å². The molecule has 6 nitrogen and oxygen atoms in total. The minimum absolute atomic E-state index is 0.0757. The van der Waals surface area contributed by atoms with Crippen LogP contribution in [0.3, 0.4) is 0 Å². The van der Waals surface area contributed by atoms with Gasteiger partial charge in [-0.3, -0.25) is 14.4 Å². The molecule has 478 valence electrons. The summed E-state index contributed by atoms with van der Waals surface area (Å²) < 4.78 is 17.0. The molecule has 0 saturated carbocycles. The zero-order valence-electron chi connectivity index (χ0n) is 55.0. The highest BCUT2D eigenvalue weighted by atomic mass is 16.6. The smallest absolute Gasteiger partial charge is 0.306 e. The Morgan fingerprint density at radius 3 is 0.720 bits per heavy atom. The van der Waals surface area contributed by atoms with Crippen molar-refractivity contribution >= 4 is 17.9 Å². The summed E-state index contributed by atoms with van der Waals surface area (Å²) in [5.41, 5.74) is 0. The molecule has 0 heterocycles. The first kappa shape index (κ1) is 79.1. The van der Waals surface area contributed by atoms with Gasteiger partial charge in [0.25, 0.3) is 0 Å². The SMILES string of the molecule is CCCC/C=C\C/C=C\CCCCCCCC(=O)OCC(COC(=O)CCCCCCCCCCCCCCCCCCCCC/C=C\C/C=C\CCCCCCC)OC(=O)CCCCCCCCCCC/C=C\CCCCCCCC. The van der Waals surface area contributed by atoms with Gasteiger partial charge in [-0.05, 0) is 103 Å². The van der Waals surface area contributed by atoms with Gasteiger partial charge in [0.05, 0.1) is 0 Å². The summed E-state index contributed by atoms with van der Waals surface area (Å²) in [5, 5.41) is 0. The molecule has 0 N–H and O–H groups in total. The van der Waals surface area contributed by atoms with Crippen molar-refractivity contribution in [1.29, 1.82) is 0 Å². The van der Waals surface area contributed by atoms with Gasteiger partial charge in [-0.15, -0.1) is 0 Å². The molecular formula is C76H138O6. The van der Waals surface area contributed by atoms with E-state index in [-0.39, 0.29) is 31.1 Å². The van der Waals surface area contributed by atoms with Crippen LogP contribution in [0.1, 0.15) is 387 Å². The van der Waals surface area contributed by atoms with Crippen LogP contribution in [0.2, 0.25) is 0 Å². The molecule has 0 fully saturated rings. The molecular weight excluding hydrogens is 1010 g/mol. The average molecular weight is 1150 g/mol. The molecule has 82 heavy (non-hydrogen) atoms. The van der Waals surface area contributed by atoms with Crippen molar-refractivity contribution in [3.05, 3.63) is 60.8 Å². The van der Waals surface area contributed by atoms with Gasteiger partial charge in [-0.1, -0.05) is 326 Å². The Kier molecular flexibility index (Phi) is 68.1. The first-order valence-electron chi connectivity index (χ1n) is 36.3. The van der Waals surface area contributed by atoms with Crippen LogP contribution < -0.4 is 0 Å².